The minimum absolute atomic E-state index is 0.0770. The van der Waals surface area contributed by atoms with Crippen molar-refractivity contribution < 1.29 is 44.1 Å². The Hall–Kier alpha value is -4.50. The lowest BCUT2D eigenvalue weighted by molar-refractivity contribution is -0.144. The Bertz CT molecular complexity index is 1200. The molecule has 0 saturated heterocycles. The number of H-pyrrole nitrogens is 1. The van der Waals surface area contributed by atoms with E-state index in [0.29, 0.717) is 5.56 Å². The average molecular weight is 535 g/mol. The maximum absolute atomic E-state index is 13.1. The van der Waals surface area contributed by atoms with E-state index >= 15 is 0 Å². The fraction of sp³-hybridized carbons (Fsp3) is 0.391. The number of nitrogens with one attached hydrogen (secondary N) is 4. The largest absolute Gasteiger partial charge is 0.481 e. The van der Waals surface area contributed by atoms with Crippen molar-refractivity contribution in [3.05, 3.63) is 36.0 Å². The summed E-state index contributed by atoms with van der Waals surface area (Å²) in [6.45, 7) is -0.938. The average Bonchev–Trinajstić information content (AvgIpc) is 3.27. The molecule has 2 aromatic rings. The zero-order chi connectivity index (χ0) is 28.4. The number of hydrogen-bond donors (Lipinski definition) is 9. The van der Waals surface area contributed by atoms with Crippen LogP contribution in [0.1, 0.15) is 24.8 Å². The third kappa shape index (κ3) is 8.56. The third-order valence-electron chi connectivity index (χ3n) is 5.57. The van der Waals surface area contributed by atoms with E-state index in [0.717, 1.165) is 10.9 Å². The SMILES string of the molecule is NC(=O)CC(NC(=O)C(CO)NC(=O)C(Cc1c[nH]c2ccccc12)NC(=O)C(N)CCC(=O)O)C(=O)O. The number of carbonyl (C=O) groups excluding carboxylic acids is 4. The summed E-state index contributed by atoms with van der Waals surface area (Å²) < 4.78 is 0. The van der Waals surface area contributed by atoms with Crippen molar-refractivity contribution in [3.63, 3.8) is 0 Å². The summed E-state index contributed by atoms with van der Waals surface area (Å²) in [5.41, 5.74) is 12.1. The molecule has 0 spiro atoms. The van der Waals surface area contributed by atoms with Gasteiger partial charge in [-0.15, -0.1) is 0 Å². The number of benzene rings is 1. The smallest absolute Gasteiger partial charge is 0.326 e. The summed E-state index contributed by atoms with van der Waals surface area (Å²) >= 11 is 0. The van der Waals surface area contributed by atoms with Crippen LogP contribution in [0.3, 0.4) is 0 Å². The fourth-order valence-corrected chi connectivity index (χ4v) is 3.56. The molecule has 0 radical (unpaired) electrons. The number of para-hydroxylation sites is 1. The van der Waals surface area contributed by atoms with Crippen molar-refractivity contribution in [3.8, 4) is 0 Å². The van der Waals surface area contributed by atoms with Crippen LogP contribution >= 0.6 is 0 Å². The molecule has 15 nitrogen and oxygen atoms in total. The molecule has 206 valence electrons. The van der Waals surface area contributed by atoms with E-state index in [1.165, 1.54) is 0 Å². The first-order valence-corrected chi connectivity index (χ1v) is 11.5. The maximum atomic E-state index is 13.1. The van der Waals surface area contributed by atoms with Crippen LogP contribution in [0.4, 0.5) is 0 Å². The van der Waals surface area contributed by atoms with E-state index < -0.39 is 72.8 Å². The Morgan fingerprint density at radius 2 is 1.50 bits per heavy atom. The van der Waals surface area contributed by atoms with Gasteiger partial charge in [-0.3, -0.25) is 24.0 Å². The summed E-state index contributed by atoms with van der Waals surface area (Å²) in [6.07, 6.45) is 0.253. The standard InChI is InChI=1S/C23H30N6O9/c24-13(5-6-19(32)33)20(34)27-15(7-11-9-26-14-4-2-1-3-12(11)14)21(35)29-17(10-30)22(36)28-16(23(37)38)8-18(25)31/h1-4,9,13,15-17,26,30H,5-8,10,24H2,(H2,25,31)(H,27,34)(H,28,36)(H,29,35)(H,32,33)(H,37,38). The molecule has 0 aliphatic heterocycles. The molecule has 4 amide bonds. The van der Waals surface area contributed by atoms with Gasteiger partial charge in [-0.05, 0) is 18.1 Å². The molecule has 0 aliphatic rings. The highest BCUT2D eigenvalue weighted by molar-refractivity contribution is 5.95. The Morgan fingerprint density at radius 3 is 2.11 bits per heavy atom. The molecule has 1 aromatic carbocycles. The van der Waals surface area contributed by atoms with Gasteiger partial charge < -0.3 is 47.7 Å². The van der Waals surface area contributed by atoms with Crippen molar-refractivity contribution in [2.75, 3.05) is 6.61 Å². The normalized spacial score (nSPS) is 14.1. The number of aliphatic hydroxyl groups excluding tert-OH is 1. The van der Waals surface area contributed by atoms with Gasteiger partial charge in [0, 0.05) is 29.9 Å². The fourth-order valence-electron chi connectivity index (χ4n) is 3.56. The zero-order valence-electron chi connectivity index (χ0n) is 20.2. The second-order valence-corrected chi connectivity index (χ2v) is 8.48. The number of nitrogens with two attached hydrogens (primary N) is 2. The molecule has 0 saturated carbocycles. The predicted molar refractivity (Wildman–Crippen MR) is 131 cm³/mol. The molecule has 4 unspecified atom stereocenters. The summed E-state index contributed by atoms with van der Waals surface area (Å²) in [4.78, 5) is 74.5. The number of primary amides is 1. The first-order chi connectivity index (χ1) is 17.9. The summed E-state index contributed by atoms with van der Waals surface area (Å²) in [6, 6.07) is 1.25. The maximum Gasteiger partial charge on any atom is 0.326 e. The molecule has 2 rings (SSSR count). The van der Waals surface area contributed by atoms with Crippen LogP contribution in [0, 0.1) is 0 Å². The van der Waals surface area contributed by atoms with E-state index in [1.807, 2.05) is 5.32 Å². The van der Waals surface area contributed by atoms with Gasteiger partial charge in [0.1, 0.15) is 18.1 Å². The minimum atomic E-state index is -1.69. The van der Waals surface area contributed by atoms with Gasteiger partial charge in [-0.2, -0.15) is 0 Å². The lowest BCUT2D eigenvalue weighted by Crippen LogP contribution is -2.58. The van der Waals surface area contributed by atoms with Crippen molar-refractivity contribution >= 4 is 46.5 Å². The first-order valence-electron chi connectivity index (χ1n) is 11.5. The number of carbonyl (C=O) groups is 6. The predicted octanol–water partition coefficient (Wildman–Crippen LogP) is -2.69. The quantitative estimate of drug-likeness (QED) is 0.114. The Kier molecular flexibility index (Phi) is 10.7. The summed E-state index contributed by atoms with van der Waals surface area (Å²) in [5, 5.41) is 35.1. The van der Waals surface area contributed by atoms with E-state index in [4.69, 9.17) is 16.6 Å². The van der Waals surface area contributed by atoms with Gasteiger partial charge >= 0.3 is 11.9 Å². The summed E-state index contributed by atoms with van der Waals surface area (Å²) in [7, 11) is 0. The Morgan fingerprint density at radius 1 is 0.895 bits per heavy atom. The monoisotopic (exact) mass is 534 g/mol. The van der Waals surface area contributed by atoms with E-state index in [9.17, 15) is 39.0 Å². The molecule has 11 N–H and O–H groups in total. The van der Waals surface area contributed by atoms with E-state index in [2.05, 4.69) is 15.6 Å². The van der Waals surface area contributed by atoms with Crippen LogP contribution < -0.4 is 27.4 Å². The van der Waals surface area contributed by atoms with Gasteiger partial charge in [0.15, 0.2) is 0 Å². The Balaban J connectivity index is 2.23. The number of fused-ring (bicyclic) bond motifs is 1. The number of aromatic amines is 1. The van der Waals surface area contributed by atoms with Crippen LogP contribution in [-0.4, -0.2) is 86.6 Å². The molecular formula is C23H30N6O9. The molecule has 15 heteroatoms. The van der Waals surface area contributed by atoms with Gasteiger partial charge in [0.05, 0.1) is 19.1 Å². The topological polar surface area (TPSA) is 267 Å². The number of hydrogen-bond acceptors (Lipinski definition) is 8. The van der Waals surface area contributed by atoms with Crippen LogP contribution in [0.5, 0.6) is 0 Å². The van der Waals surface area contributed by atoms with Crippen LogP contribution in [0.2, 0.25) is 0 Å². The lowest BCUT2D eigenvalue weighted by Gasteiger charge is -2.24. The minimum Gasteiger partial charge on any atom is -0.481 e. The van der Waals surface area contributed by atoms with Gasteiger partial charge in [-0.1, -0.05) is 18.2 Å². The van der Waals surface area contributed by atoms with Gasteiger partial charge in [-0.25, -0.2) is 4.79 Å². The lowest BCUT2D eigenvalue weighted by atomic mass is 10.0. The highest BCUT2D eigenvalue weighted by atomic mass is 16.4. The molecule has 4 atom stereocenters. The molecular weight excluding hydrogens is 504 g/mol. The van der Waals surface area contributed by atoms with Gasteiger partial charge in [0.2, 0.25) is 23.6 Å². The number of carboxylic acids is 2. The molecule has 0 fully saturated rings. The van der Waals surface area contributed by atoms with Crippen LogP contribution in [0.15, 0.2) is 30.5 Å². The molecule has 38 heavy (non-hydrogen) atoms. The molecule has 0 bridgehead atoms. The second-order valence-electron chi connectivity index (χ2n) is 8.48. The first kappa shape index (κ1) is 29.7. The highest BCUT2D eigenvalue weighted by Crippen LogP contribution is 2.19. The Labute approximate surface area is 215 Å². The van der Waals surface area contributed by atoms with Crippen LogP contribution in [-0.2, 0) is 35.2 Å². The number of aromatic nitrogens is 1. The third-order valence-corrected chi connectivity index (χ3v) is 5.57. The molecule has 0 aliphatic carbocycles. The number of aliphatic carboxylic acids is 2. The summed E-state index contributed by atoms with van der Waals surface area (Å²) in [5.74, 6) is -6.55. The number of rotatable bonds is 15. The van der Waals surface area contributed by atoms with E-state index in [-0.39, 0.29) is 19.3 Å². The van der Waals surface area contributed by atoms with Crippen molar-refractivity contribution in [1.82, 2.24) is 20.9 Å². The number of amides is 4. The van der Waals surface area contributed by atoms with Crippen molar-refractivity contribution in [1.29, 1.82) is 0 Å². The van der Waals surface area contributed by atoms with Crippen molar-refractivity contribution in [2.24, 2.45) is 11.5 Å². The van der Waals surface area contributed by atoms with Crippen molar-refractivity contribution in [2.45, 2.75) is 49.9 Å². The number of carboxylic acid groups (broad SMARTS) is 2. The van der Waals surface area contributed by atoms with E-state index in [1.54, 1.807) is 30.5 Å². The molecule has 1 aromatic heterocycles. The number of aliphatic hydroxyl groups is 1. The molecule has 1 heterocycles. The highest BCUT2D eigenvalue weighted by Gasteiger charge is 2.31. The van der Waals surface area contributed by atoms with Crippen LogP contribution in [0.25, 0.3) is 10.9 Å². The second kappa shape index (κ2) is 13.7. The van der Waals surface area contributed by atoms with Gasteiger partial charge in [0.25, 0.3) is 0 Å². The zero-order valence-corrected chi connectivity index (χ0v) is 20.2.